The highest BCUT2D eigenvalue weighted by Gasteiger charge is 2.54. The molecular formula is C15H15N3O3S2. The molecule has 0 radical (unpaired) electrons. The van der Waals surface area contributed by atoms with Gasteiger partial charge in [0.15, 0.2) is 0 Å². The van der Waals surface area contributed by atoms with Gasteiger partial charge in [-0.2, -0.15) is 4.31 Å². The van der Waals surface area contributed by atoms with Crippen molar-refractivity contribution in [1.82, 2.24) is 14.2 Å². The molecule has 2 heterocycles. The Morgan fingerprint density at radius 2 is 2.17 bits per heavy atom. The normalized spacial score (nSPS) is 24.4. The molecule has 23 heavy (non-hydrogen) atoms. The van der Waals surface area contributed by atoms with Gasteiger partial charge in [0.05, 0.1) is 16.3 Å². The van der Waals surface area contributed by atoms with E-state index < -0.39 is 10.0 Å². The Bertz CT molecular complexity index is 906. The maximum Gasteiger partial charge on any atom is 0.246 e. The predicted octanol–water partition coefficient (Wildman–Crippen LogP) is 1.46. The number of aromatic nitrogens is 1. The monoisotopic (exact) mass is 349 g/mol. The molecule has 8 heteroatoms. The topological polar surface area (TPSA) is 70.6 Å². The van der Waals surface area contributed by atoms with Crippen LogP contribution in [0.25, 0.3) is 10.2 Å². The number of carbonyl (C=O) groups excluding carboxylic acids is 1. The standard InChI is InChI=1S/C15H15N3O3S2/c1-2-14(19)17-6-7-18(11-8-10(11)17)23(20,21)13-5-3-4-12-15(13)16-9-22-12/h2-5,9-11H,1,6-8H2. The van der Waals surface area contributed by atoms with Gasteiger partial charge in [-0.05, 0) is 24.6 Å². The largest absolute Gasteiger partial charge is 0.333 e. The molecule has 2 fully saturated rings. The quantitative estimate of drug-likeness (QED) is 0.787. The summed E-state index contributed by atoms with van der Waals surface area (Å²) < 4.78 is 28.5. The van der Waals surface area contributed by atoms with Gasteiger partial charge in [0.25, 0.3) is 0 Å². The van der Waals surface area contributed by atoms with E-state index in [4.69, 9.17) is 0 Å². The van der Waals surface area contributed by atoms with Crippen molar-refractivity contribution in [1.29, 1.82) is 0 Å². The first kappa shape index (κ1) is 14.8. The number of para-hydroxylation sites is 1. The molecule has 1 aromatic heterocycles. The molecule has 1 saturated carbocycles. The molecule has 2 atom stereocenters. The van der Waals surface area contributed by atoms with Crippen LogP contribution in [0.4, 0.5) is 0 Å². The minimum Gasteiger partial charge on any atom is -0.333 e. The van der Waals surface area contributed by atoms with E-state index in [1.54, 1.807) is 22.5 Å². The molecule has 2 aliphatic rings. The van der Waals surface area contributed by atoms with Crippen LogP contribution in [0.5, 0.6) is 0 Å². The van der Waals surface area contributed by atoms with E-state index in [1.807, 2.05) is 6.07 Å². The second kappa shape index (κ2) is 5.12. The second-order valence-electron chi connectivity index (χ2n) is 5.68. The van der Waals surface area contributed by atoms with Crippen LogP contribution in [-0.2, 0) is 14.8 Å². The Morgan fingerprint density at radius 1 is 1.35 bits per heavy atom. The summed E-state index contributed by atoms with van der Waals surface area (Å²) in [7, 11) is -3.61. The average molecular weight is 349 g/mol. The summed E-state index contributed by atoms with van der Waals surface area (Å²) in [5.41, 5.74) is 2.18. The van der Waals surface area contributed by atoms with Crippen molar-refractivity contribution >= 4 is 37.5 Å². The highest BCUT2D eigenvalue weighted by molar-refractivity contribution is 7.89. The highest BCUT2D eigenvalue weighted by atomic mass is 32.2. The molecule has 1 amide bonds. The zero-order valence-corrected chi connectivity index (χ0v) is 13.9. The third-order valence-electron chi connectivity index (χ3n) is 4.42. The minimum absolute atomic E-state index is 0.0290. The van der Waals surface area contributed by atoms with Crippen LogP contribution in [-0.4, -0.2) is 53.7 Å². The molecule has 120 valence electrons. The van der Waals surface area contributed by atoms with Gasteiger partial charge in [0.2, 0.25) is 15.9 Å². The molecule has 1 aromatic carbocycles. The van der Waals surface area contributed by atoms with Gasteiger partial charge in [-0.1, -0.05) is 12.6 Å². The number of benzene rings is 1. The molecule has 4 rings (SSSR count). The fourth-order valence-corrected chi connectivity index (χ4v) is 5.82. The van der Waals surface area contributed by atoms with E-state index in [1.165, 1.54) is 21.7 Å². The second-order valence-corrected chi connectivity index (χ2v) is 8.42. The zero-order chi connectivity index (χ0) is 16.2. The van der Waals surface area contributed by atoms with Crippen molar-refractivity contribution in [2.45, 2.75) is 23.4 Å². The number of rotatable bonds is 3. The van der Waals surface area contributed by atoms with Crippen molar-refractivity contribution in [3.05, 3.63) is 36.4 Å². The van der Waals surface area contributed by atoms with Gasteiger partial charge < -0.3 is 4.90 Å². The van der Waals surface area contributed by atoms with Crippen LogP contribution < -0.4 is 0 Å². The van der Waals surface area contributed by atoms with Crippen molar-refractivity contribution in [2.75, 3.05) is 13.1 Å². The Kier molecular flexibility index (Phi) is 3.29. The van der Waals surface area contributed by atoms with E-state index in [9.17, 15) is 13.2 Å². The summed E-state index contributed by atoms with van der Waals surface area (Å²) in [5, 5.41) is 0. The lowest BCUT2D eigenvalue weighted by molar-refractivity contribution is -0.127. The number of nitrogens with zero attached hydrogens (tertiary/aromatic N) is 3. The maximum absolute atomic E-state index is 13.0. The van der Waals surface area contributed by atoms with E-state index in [-0.39, 0.29) is 22.9 Å². The molecule has 6 nitrogen and oxygen atoms in total. The Balaban J connectivity index is 1.68. The summed E-state index contributed by atoms with van der Waals surface area (Å²) in [6.07, 6.45) is 1.97. The fraction of sp³-hybridized carbons (Fsp3) is 0.333. The Hall–Kier alpha value is -1.77. The van der Waals surface area contributed by atoms with Gasteiger partial charge >= 0.3 is 0 Å². The minimum atomic E-state index is -3.61. The van der Waals surface area contributed by atoms with Crippen LogP contribution in [0.15, 0.2) is 41.3 Å². The number of hydrogen-bond donors (Lipinski definition) is 0. The van der Waals surface area contributed by atoms with Crippen molar-refractivity contribution in [3.8, 4) is 0 Å². The van der Waals surface area contributed by atoms with Crippen LogP contribution in [0.1, 0.15) is 6.42 Å². The fourth-order valence-electron chi connectivity index (χ4n) is 3.24. The first-order valence-electron chi connectivity index (χ1n) is 7.31. The molecule has 0 N–H and O–H groups in total. The zero-order valence-electron chi connectivity index (χ0n) is 12.3. The molecule has 1 aliphatic heterocycles. The van der Waals surface area contributed by atoms with E-state index >= 15 is 0 Å². The number of sulfonamides is 1. The summed E-state index contributed by atoms with van der Waals surface area (Å²) in [6.45, 7) is 4.21. The number of amides is 1. The Labute approximate surface area is 138 Å². The van der Waals surface area contributed by atoms with Gasteiger partial charge in [0.1, 0.15) is 10.4 Å². The van der Waals surface area contributed by atoms with Crippen molar-refractivity contribution in [2.24, 2.45) is 0 Å². The molecule has 2 unspecified atom stereocenters. The summed E-state index contributed by atoms with van der Waals surface area (Å²) in [5.74, 6) is -0.129. The summed E-state index contributed by atoms with van der Waals surface area (Å²) in [6, 6.07) is 5.06. The molecule has 2 aromatic rings. The number of carbonyl (C=O) groups is 1. The molecular weight excluding hydrogens is 334 g/mol. The van der Waals surface area contributed by atoms with Crippen molar-refractivity contribution < 1.29 is 13.2 Å². The van der Waals surface area contributed by atoms with E-state index in [0.717, 1.165) is 4.70 Å². The lowest BCUT2D eigenvalue weighted by Gasteiger charge is -2.33. The lowest BCUT2D eigenvalue weighted by atomic mass is 10.3. The average Bonchev–Trinajstić information content (AvgIpc) is 3.20. The SMILES string of the molecule is C=CC(=O)N1CCN(S(=O)(=O)c2cccc3scnc23)C2CC21. The van der Waals surface area contributed by atoms with Gasteiger partial charge in [-0.3, -0.25) is 4.79 Å². The summed E-state index contributed by atoms with van der Waals surface area (Å²) in [4.78, 5) is 18.0. The van der Waals surface area contributed by atoms with Crippen LogP contribution in [0.3, 0.4) is 0 Å². The van der Waals surface area contributed by atoms with Gasteiger partial charge in [-0.25, -0.2) is 13.4 Å². The van der Waals surface area contributed by atoms with Crippen molar-refractivity contribution in [3.63, 3.8) is 0 Å². The predicted molar refractivity (Wildman–Crippen MR) is 87.6 cm³/mol. The van der Waals surface area contributed by atoms with Crippen LogP contribution in [0.2, 0.25) is 0 Å². The molecule has 0 bridgehead atoms. The number of fused-ring (bicyclic) bond motifs is 2. The van der Waals surface area contributed by atoms with Crippen LogP contribution >= 0.6 is 11.3 Å². The maximum atomic E-state index is 13.0. The number of hydrogen-bond acceptors (Lipinski definition) is 5. The van der Waals surface area contributed by atoms with Crippen LogP contribution in [0, 0.1) is 0 Å². The first-order chi connectivity index (χ1) is 11.0. The summed E-state index contributed by atoms with van der Waals surface area (Å²) >= 11 is 1.42. The van der Waals surface area contributed by atoms with Gasteiger partial charge in [0, 0.05) is 19.1 Å². The highest BCUT2D eigenvalue weighted by Crippen LogP contribution is 2.40. The molecule has 1 saturated heterocycles. The third kappa shape index (κ3) is 2.20. The Morgan fingerprint density at radius 3 is 2.96 bits per heavy atom. The molecule has 1 aliphatic carbocycles. The van der Waals surface area contributed by atoms with Gasteiger partial charge in [-0.15, -0.1) is 11.3 Å². The van der Waals surface area contributed by atoms with E-state index in [0.29, 0.717) is 25.0 Å². The van der Waals surface area contributed by atoms with E-state index in [2.05, 4.69) is 11.6 Å². The lowest BCUT2D eigenvalue weighted by Crippen LogP contribution is -2.50. The number of thiazole rings is 1. The molecule has 0 spiro atoms. The first-order valence-corrected chi connectivity index (χ1v) is 9.63. The third-order valence-corrected chi connectivity index (χ3v) is 7.17. The smallest absolute Gasteiger partial charge is 0.246 e. The number of piperazine rings is 1.